The van der Waals surface area contributed by atoms with Crippen LogP contribution in [0.3, 0.4) is 0 Å². The van der Waals surface area contributed by atoms with Gasteiger partial charge in [-0.05, 0) is 48.0 Å². The number of fused-ring (bicyclic) bond motifs is 1. The normalized spacial score (nSPS) is 11.3. The lowest BCUT2D eigenvalue weighted by Crippen LogP contribution is -2.22. The van der Waals surface area contributed by atoms with Crippen LogP contribution < -0.4 is 10.6 Å². The molecule has 7 heteroatoms. The number of nitrogens with zero attached hydrogens (tertiary/aromatic N) is 1. The summed E-state index contributed by atoms with van der Waals surface area (Å²) in [6, 6.07) is 21.6. The summed E-state index contributed by atoms with van der Waals surface area (Å²) < 4.78 is 38.8. The molecule has 31 heavy (non-hydrogen) atoms. The molecule has 0 aliphatic carbocycles. The Bertz CT molecular complexity index is 1210. The summed E-state index contributed by atoms with van der Waals surface area (Å²) in [6.45, 7) is 0.433. The van der Waals surface area contributed by atoms with Crippen molar-refractivity contribution in [3.05, 3.63) is 102 Å². The summed E-state index contributed by atoms with van der Waals surface area (Å²) in [5.41, 5.74) is 2.35. The SMILES string of the molecule is O=C(NCc1ccccc1)c1ccc(Nc2ccnc3cc(C(F)(F)F)ccc23)cc1. The van der Waals surface area contributed by atoms with Crippen LogP contribution in [0, 0.1) is 0 Å². The molecule has 0 saturated heterocycles. The highest BCUT2D eigenvalue weighted by atomic mass is 19.4. The van der Waals surface area contributed by atoms with Crippen molar-refractivity contribution in [2.45, 2.75) is 12.7 Å². The first-order valence-electron chi connectivity index (χ1n) is 9.55. The first kappa shape index (κ1) is 20.4. The Morgan fingerprint density at radius 2 is 1.65 bits per heavy atom. The predicted molar refractivity (Wildman–Crippen MR) is 114 cm³/mol. The van der Waals surface area contributed by atoms with E-state index in [0.29, 0.717) is 28.9 Å². The number of hydrogen-bond donors (Lipinski definition) is 2. The lowest BCUT2D eigenvalue weighted by molar-refractivity contribution is -0.137. The van der Waals surface area contributed by atoms with Gasteiger partial charge in [0.05, 0.1) is 11.1 Å². The molecule has 1 heterocycles. The summed E-state index contributed by atoms with van der Waals surface area (Å²) in [4.78, 5) is 16.4. The van der Waals surface area contributed by atoms with Gasteiger partial charge in [0.1, 0.15) is 0 Å². The average Bonchev–Trinajstić information content (AvgIpc) is 2.78. The lowest BCUT2D eigenvalue weighted by atomic mass is 10.1. The maximum absolute atomic E-state index is 12.9. The molecular weight excluding hydrogens is 403 g/mol. The Labute approximate surface area is 176 Å². The van der Waals surface area contributed by atoms with Gasteiger partial charge in [-0.15, -0.1) is 0 Å². The molecule has 156 valence electrons. The molecule has 0 bridgehead atoms. The van der Waals surface area contributed by atoms with Crippen molar-refractivity contribution in [2.75, 3.05) is 5.32 Å². The van der Waals surface area contributed by atoms with Gasteiger partial charge in [-0.2, -0.15) is 13.2 Å². The van der Waals surface area contributed by atoms with Gasteiger partial charge in [0.2, 0.25) is 0 Å². The monoisotopic (exact) mass is 421 g/mol. The third-order valence-electron chi connectivity index (χ3n) is 4.79. The van der Waals surface area contributed by atoms with Crippen LogP contribution in [0.1, 0.15) is 21.5 Å². The number of carbonyl (C=O) groups excluding carboxylic acids is 1. The minimum atomic E-state index is -4.42. The van der Waals surface area contributed by atoms with E-state index in [9.17, 15) is 18.0 Å². The van der Waals surface area contributed by atoms with Gasteiger partial charge in [0.15, 0.2) is 0 Å². The first-order valence-corrected chi connectivity index (χ1v) is 9.55. The summed E-state index contributed by atoms with van der Waals surface area (Å²) in [7, 11) is 0. The van der Waals surface area contributed by atoms with Crippen LogP contribution in [0.15, 0.2) is 85.1 Å². The summed E-state index contributed by atoms with van der Waals surface area (Å²) in [6.07, 6.45) is -2.97. The van der Waals surface area contributed by atoms with Crippen molar-refractivity contribution in [3.8, 4) is 0 Å². The zero-order chi connectivity index (χ0) is 21.8. The number of benzene rings is 3. The number of hydrogen-bond acceptors (Lipinski definition) is 3. The lowest BCUT2D eigenvalue weighted by Gasteiger charge is -2.12. The van der Waals surface area contributed by atoms with Gasteiger partial charge in [-0.3, -0.25) is 9.78 Å². The van der Waals surface area contributed by atoms with Gasteiger partial charge >= 0.3 is 6.18 Å². The first-order chi connectivity index (χ1) is 14.9. The fraction of sp³-hybridized carbons (Fsp3) is 0.0833. The Morgan fingerprint density at radius 1 is 0.903 bits per heavy atom. The third-order valence-corrected chi connectivity index (χ3v) is 4.79. The predicted octanol–water partition coefficient (Wildman–Crippen LogP) is 5.93. The van der Waals surface area contributed by atoms with Crippen molar-refractivity contribution in [1.29, 1.82) is 0 Å². The molecule has 0 radical (unpaired) electrons. The van der Waals surface area contributed by atoms with Gasteiger partial charge in [-0.25, -0.2) is 0 Å². The molecule has 0 aliphatic heterocycles. The van der Waals surface area contributed by atoms with E-state index in [0.717, 1.165) is 17.7 Å². The minimum absolute atomic E-state index is 0.190. The molecule has 4 rings (SSSR count). The number of anilines is 2. The summed E-state index contributed by atoms with van der Waals surface area (Å²) in [5.74, 6) is -0.190. The number of amides is 1. The number of rotatable bonds is 5. The second-order valence-electron chi connectivity index (χ2n) is 6.96. The van der Waals surface area contributed by atoms with Crippen LogP contribution in [0.25, 0.3) is 10.9 Å². The molecule has 0 spiro atoms. The molecule has 2 N–H and O–H groups in total. The van der Waals surface area contributed by atoms with Crippen molar-refractivity contribution in [3.63, 3.8) is 0 Å². The topological polar surface area (TPSA) is 54.0 Å². The Kier molecular flexibility index (Phi) is 5.58. The van der Waals surface area contributed by atoms with Gasteiger partial charge in [-0.1, -0.05) is 36.4 Å². The second kappa shape index (κ2) is 8.47. The van der Waals surface area contributed by atoms with E-state index in [2.05, 4.69) is 15.6 Å². The van der Waals surface area contributed by atoms with E-state index in [1.165, 1.54) is 12.3 Å². The molecule has 0 fully saturated rings. The van der Waals surface area contributed by atoms with E-state index < -0.39 is 11.7 Å². The third kappa shape index (κ3) is 4.83. The average molecular weight is 421 g/mol. The van der Waals surface area contributed by atoms with Crippen molar-refractivity contribution in [1.82, 2.24) is 10.3 Å². The number of carbonyl (C=O) groups is 1. The number of pyridine rings is 1. The largest absolute Gasteiger partial charge is 0.416 e. The fourth-order valence-corrected chi connectivity index (χ4v) is 3.17. The minimum Gasteiger partial charge on any atom is -0.355 e. The van der Waals surface area contributed by atoms with Crippen LogP contribution >= 0.6 is 0 Å². The fourth-order valence-electron chi connectivity index (χ4n) is 3.17. The number of aromatic nitrogens is 1. The van der Waals surface area contributed by atoms with E-state index in [-0.39, 0.29) is 11.4 Å². The maximum Gasteiger partial charge on any atom is 0.416 e. The van der Waals surface area contributed by atoms with Gasteiger partial charge in [0.25, 0.3) is 5.91 Å². The molecule has 0 aliphatic rings. The zero-order valence-electron chi connectivity index (χ0n) is 16.3. The smallest absolute Gasteiger partial charge is 0.355 e. The van der Waals surface area contributed by atoms with Crippen LogP contribution in [0.4, 0.5) is 24.5 Å². The quantitative estimate of drug-likeness (QED) is 0.420. The van der Waals surface area contributed by atoms with E-state index in [1.54, 1.807) is 30.3 Å². The van der Waals surface area contributed by atoms with Gasteiger partial charge in [0, 0.05) is 35.1 Å². The van der Waals surface area contributed by atoms with Crippen molar-refractivity contribution >= 4 is 28.2 Å². The second-order valence-corrected chi connectivity index (χ2v) is 6.96. The van der Waals surface area contributed by atoms with Gasteiger partial charge < -0.3 is 10.6 Å². The summed E-state index contributed by atoms with van der Waals surface area (Å²) >= 11 is 0. The van der Waals surface area contributed by atoms with E-state index >= 15 is 0 Å². The molecule has 4 aromatic rings. The van der Waals surface area contributed by atoms with E-state index in [4.69, 9.17) is 0 Å². The highest BCUT2D eigenvalue weighted by Crippen LogP contribution is 2.33. The zero-order valence-corrected chi connectivity index (χ0v) is 16.3. The van der Waals surface area contributed by atoms with Crippen molar-refractivity contribution < 1.29 is 18.0 Å². The molecule has 3 aromatic carbocycles. The Balaban J connectivity index is 1.47. The molecule has 0 unspecified atom stereocenters. The maximum atomic E-state index is 12.9. The standard InChI is InChI=1S/C24H18F3N3O/c25-24(26,27)18-8-11-20-21(12-13-28-22(20)14-18)30-19-9-6-17(7-10-19)23(31)29-15-16-4-2-1-3-5-16/h1-14H,15H2,(H,28,30)(H,29,31). The molecule has 4 nitrogen and oxygen atoms in total. The molecule has 1 amide bonds. The van der Waals surface area contributed by atoms with Crippen LogP contribution in [0.2, 0.25) is 0 Å². The number of alkyl halides is 3. The van der Waals surface area contributed by atoms with Crippen LogP contribution in [-0.4, -0.2) is 10.9 Å². The van der Waals surface area contributed by atoms with Crippen LogP contribution in [-0.2, 0) is 12.7 Å². The number of halogens is 3. The highest BCUT2D eigenvalue weighted by molar-refractivity contribution is 5.95. The molecule has 1 aromatic heterocycles. The molecular formula is C24H18F3N3O. The van der Waals surface area contributed by atoms with Crippen molar-refractivity contribution in [2.24, 2.45) is 0 Å². The Hall–Kier alpha value is -3.87. The summed E-state index contributed by atoms with van der Waals surface area (Å²) in [5, 5.41) is 6.61. The highest BCUT2D eigenvalue weighted by Gasteiger charge is 2.30. The molecule has 0 atom stereocenters. The number of nitrogens with one attached hydrogen (secondary N) is 2. The molecule has 0 saturated carbocycles. The Morgan fingerprint density at radius 3 is 2.35 bits per heavy atom. The van der Waals surface area contributed by atoms with Crippen LogP contribution in [0.5, 0.6) is 0 Å². The van der Waals surface area contributed by atoms with E-state index in [1.807, 2.05) is 30.3 Å².